The third-order valence-electron chi connectivity index (χ3n) is 4.75. The van der Waals surface area contributed by atoms with Crippen LogP contribution in [0.25, 0.3) is 33.2 Å². The molecule has 132 valence electrons. The van der Waals surface area contributed by atoms with Gasteiger partial charge >= 0.3 is 0 Å². The fourth-order valence-corrected chi connectivity index (χ4v) is 3.49. The van der Waals surface area contributed by atoms with E-state index < -0.39 is 11.6 Å². The van der Waals surface area contributed by atoms with Gasteiger partial charge in [-0.1, -0.05) is 24.3 Å². The molecule has 0 unspecified atom stereocenters. The SMILES string of the molecule is Fc1cccc(F)c1Cn1c2ccccc2c2cc(-c3nn[nH]n3)ccc21. The number of rotatable bonds is 3. The summed E-state index contributed by atoms with van der Waals surface area (Å²) in [5.74, 6) is -0.609. The molecule has 0 radical (unpaired) electrons. The predicted octanol–water partition coefficient (Wildman–Crippen LogP) is 4.30. The van der Waals surface area contributed by atoms with E-state index in [-0.39, 0.29) is 12.1 Å². The second-order valence-corrected chi connectivity index (χ2v) is 6.27. The van der Waals surface area contributed by atoms with Gasteiger partial charge in [0.05, 0.1) is 6.54 Å². The molecule has 0 spiro atoms. The van der Waals surface area contributed by atoms with Crippen molar-refractivity contribution in [2.24, 2.45) is 0 Å². The van der Waals surface area contributed by atoms with Crippen molar-refractivity contribution in [2.75, 3.05) is 0 Å². The normalized spacial score (nSPS) is 11.5. The minimum atomic E-state index is -0.552. The van der Waals surface area contributed by atoms with Gasteiger partial charge in [0.15, 0.2) is 0 Å². The number of aromatic nitrogens is 5. The molecule has 2 aromatic heterocycles. The van der Waals surface area contributed by atoms with Crippen LogP contribution in [-0.4, -0.2) is 25.2 Å². The average molecular weight is 361 g/mol. The van der Waals surface area contributed by atoms with Crippen LogP contribution in [0.3, 0.4) is 0 Å². The molecule has 27 heavy (non-hydrogen) atoms. The summed E-state index contributed by atoms with van der Waals surface area (Å²) in [7, 11) is 0. The number of hydrogen-bond acceptors (Lipinski definition) is 3. The van der Waals surface area contributed by atoms with Crippen molar-refractivity contribution in [1.82, 2.24) is 25.2 Å². The molecule has 7 heteroatoms. The Labute approximate surface area is 152 Å². The van der Waals surface area contributed by atoms with Crippen LogP contribution in [0.15, 0.2) is 60.7 Å². The van der Waals surface area contributed by atoms with E-state index >= 15 is 0 Å². The van der Waals surface area contributed by atoms with E-state index in [4.69, 9.17) is 0 Å². The number of fused-ring (bicyclic) bond motifs is 3. The van der Waals surface area contributed by atoms with Crippen LogP contribution in [0.1, 0.15) is 5.56 Å². The molecule has 0 aliphatic heterocycles. The Balaban J connectivity index is 1.76. The van der Waals surface area contributed by atoms with E-state index in [9.17, 15) is 8.78 Å². The topological polar surface area (TPSA) is 59.4 Å². The van der Waals surface area contributed by atoms with Crippen LogP contribution in [0.4, 0.5) is 8.78 Å². The number of hydrogen-bond donors (Lipinski definition) is 1. The number of aromatic amines is 1. The third-order valence-corrected chi connectivity index (χ3v) is 4.75. The van der Waals surface area contributed by atoms with Crippen LogP contribution < -0.4 is 0 Å². The molecule has 0 saturated carbocycles. The second kappa shape index (κ2) is 5.98. The highest BCUT2D eigenvalue weighted by atomic mass is 19.1. The Morgan fingerprint density at radius 2 is 1.63 bits per heavy atom. The summed E-state index contributed by atoms with van der Waals surface area (Å²) >= 11 is 0. The summed E-state index contributed by atoms with van der Waals surface area (Å²) < 4.78 is 30.3. The zero-order chi connectivity index (χ0) is 18.4. The smallest absolute Gasteiger partial charge is 0.204 e. The first-order valence-corrected chi connectivity index (χ1v) is 8.40. The maximum absolute atomic E-state index is 14.2. The molecule has 5 aromatic rings. The highest BCUT2D eigenvalue weighted by molar-refractivity contribution is 6.09. The zero-order valence-electron chi connectivity index (χ0n) is 14.0. The van der Waals surface area contributed by atoms with Crippen molar-refractivity contribution in [2.45, 2.75) is 6.54 Å². The lowest BCUT2D eigenvalue weighted by Crippen LogP contribution is -2.04. The lowest BCUT2D eigenvalue weighted by atomic mass is 10.1. The van der Waals surface area contributed by atoms with Crippen LogP contribution in [0.2, 0.25) is 0 Å². The molecule has 5 nitrogen and oxygen atoms in total. The van der Waals surface area contributed by atoms with Gasteiger partial charge < -0.3 is 4.57 Å². The maximum atomic E-state index is 14.2. The molecule has 0 amide bonds. The summed E-state index contributed by atoms with van der Waals surface area (Å²) in [5.41, 5.74) is 2.64. The predicted molar refractivity (Wildman–Crippen MR) is 98.1 cm³/mol. The van der Waals surface area contributed by atoms with Crippen molar-refractivity contribution >= 4 is 21.8 Å². The number of nitrogens with zero attached hydrogens (tertiary/aromatic N) is 4. The number of tetrazole rings is 1. The fourth-order valence-electron chi connectivity index (χ4n) is 3.49. The van der Waals surface area contributed by atoms with E-state index in [0.29, 0.717) is 5.82 Å². The van der Waals surface area contributed by atoms with Crippen LogP contribution >= 0.6 is 0 Å². The number of benzene rings is 3. The number of halogens is 2. The van der Waals surface area contributed by atoms with Gasteiger partial charge in [-0.2, -0.15) is 5.21 Å². The van der Waals surface area contributed by atoms with Gasteiger partial charge in [0.1, 0.15) is 11.6 Å². The Morgan fingerprint density at radius 1 is 0.852 bits per heavy atom. The quantitative estimate of drug-likeness (QED) is 0.521. The first kappa shape index (κ1) is 15.6. The molecule has 0 fully saturated rings. The lowest BCUT2D eigenvalue weighted by Gasteiger charge is -2.10. The fraction of sp³-hybridized carbons (Fsp3) is 0.0500. The molecule has 0 atom stereocenters. The Morgan fingerprint density at radius 3 is 2.41 bits per heavy atom. The van der Waals surface area contributed by atoms with E-state index in [1.54, 1.807) is 0 Å². The zero-order valence-corrected chi connectivity index (χ0v) is 14.0. The highest BCUT2D eigenvalue weighted by Gasteiger charge is 2.16. The summed E-state index contributed by atoms with van der Waals surface area (Å²) in [5, 5.41) is 16.0. The summed E-state index contributed by atoms with van der Waals surface area (Å²) in [6.45, 7) is 0.101. The lowest BCUT2D eigenvalue weighted by molar-refractivity contribution is 0.549. The minimum Gasteiger partial charge on any atom is -0.336 e. The second-order valence-electron chi connectivity index (χ2n) is 6.27. The van der Waals surface area contributed by atoms with E-state index in [0.717, 1.165) is 27.4 Å². The number of para-hydroxylation sites is 1. The molecule has 0 bridgehead atoms. The molecule has 0 aliphatic rings. The first-order valence-electron chi connectivity index (χ1n) is 8.40. The number of nitrogens with one attached hydrogen (secondary N) is 1. The maximum Gasteiger partial charge on any atom is 0.204 e. The number of H-pyrrole nitrogens is 1. The Hall–Kier alpha value is -3.61. The van der Waals surface area contributed by atoms with E-state index in [2.05, 4.69) is 20.6 Å². The van der Waals surface area contributed by atoms with E-state index in [1.807, 2.05) is 47.0 Å². The van der Waals surface area contributed by atoms with Gasteiger partial charge in [0.25, 0.3) is 0 Å². The first-order chi connectivity index (χ1) is 13.2. The van der Waals surface area contributed by atoms with Gasteiger partial charge in [-0.15, -0.1) is 10.2 Å². The van der Waals surface area contributed by atoms with Crippen molar-refractivity contribution in [1.29, 1.82) is 0 Å². The summed E-state index contributed by atoms with van der Waals surface area (Å²) in [6, 6.07) is 17.5. The molecule has 0 saturated heterocycles. The molecule has 0 aliphatic carbocycles. The van der Waals surface area contributed by atoms with Gasteiger partial charge in [0, 0.05) is 32.9 Å². The van der Waals surface area contributed by atoms with Crippen molar-refractivity contribution in [3.05, 3.63) is 77.9 Å². The van der Waals surface area contributed by atoms with Gasteiger partial charge in [-0.25, -0.2) is 8.78 Å². The molecule has 2 heterocycles. The average Bonchev–Trinajstić information content (AvgIpc) is 3.32. The Bertz CT molecular complexity index is 1250. The molecule has 5 rings (SSSR count). The minimum absolute atomic E-state index is 0.0439. The van der Waals surface area contributed by atoms with Gasteiger partial charge in [0.2, 0.25) is 5.82 Å². The molecule has 1 N–H and O–H groups in total. The summed E-state index contributed by atoms with van der Waals surface area (Å²) in [4.78, 5) is 0. The molecule has 3 aromatic carbocycles. The van der Waals surface area contributed by atoms with E-state index in [1.165, 1.54) is 18.2 Å². The van der Waals surface area contributed by atoms with Gasteiger partial charge in [-0.3, -0.25) is 0 Å². The van der Waals surface area contributed by atoms with Crippen molar-refractivity contribution in [3.8, 4) is 11.4 Å². The Kier molecular flexibility index (Phi) is 3.46. The van der Waals surface area contributed by atoms with Crippen molar-refractivity contribution in [3.63, 3.8) is 0 Å². The summed E-state index contributed by atoms with van der Waals surface area (Å²) in [6.07, 6.45) is 0. The van der Waals surface area contributed by atoms with Crippen molar-refractivity contribution < 1.29 is 8.78 Å². The van der Waals surface area contributed by atoms with Crippen LogP contribution in [0.5, 0.6) is 0 Å². The third kappa shape index (κ3) is 2.47. The molecular weight excluding hydrogens is 348 g/mol. The largest absolute Gasteiger partial charge is 0.336 e. The van der Waals surface area contributed by atoms with Crippen LogP contribution in [-0.2, 0) is 6.54 Å². The van der Waals surface area contributed by atoms with Crippen LogP contribution in [0, 0.1) is 11.6 Å². The standard InChI is InChI=1S/C20H13F2N5/c21-16-5-3-6-17(22)15(16)11-27-18-7-2-1-4-13(18)14-10-12(8-9-19(14)27)20-23-25-26-24-20/h1-10H,11H2,(H,23,24,25,26). The molecular formula is C20H13F2N5. The monoisotopic (exact) mass is 361 g/mol. The van der Waals surface area contributed by atoms with Gasteiger partial charge in [-0.05, 0) is 41.6 Å². The highest BCUT2D eigenvalue weighted by Crippen LogP contribution is 2.32.